The lowest BCUT2D eigenvalue weighted by Crippen LogP contribution is -2.45. The Morgan fingerprint density at radius 2 is 1.88 bits per heavy atom. The minimum atomic E-state index is -1.31. The summed E-state index contributed by atoms with van der Waals surface area (Å²) in [5.41, 5.74) is 4.74. The van der Waals surface area contributed by atoms with Crippen LogP contribution in [0.2, 0.25) is 0 Å². The Hall–Kier alpha value is -2.52. The van der Waals surface area contributed by atoms with Gasteiger partial charge in [0.15, 0.2) is 0 Å². The largest absolute Gasteiger partial charge is 0.497 e. The van der Waals surface area contributed by atoms with Crippen molar-refractivity contribution in [3.05, 3.63) is 29.8 Å². The number of aliphatic hydroxyl groups is 1. The molecule has 1 aliphatic rings. The molecule has 136 valence electrons. The van der Waals surface area contributed by atoms with Crippen molar-refractivity contribution in [1.29, 1.82) is 0 Å². The summed E-state index contributed by atoms with van der Waals surface area (Å²) >= 11 is 0. The Balaban J connectivity index is 0.000000337. The van der Waals surface area contributed by atoms with Crippen LogP contribution in [0.4, 0.5) is 9.59 Å². The van der Waals surface area contributed by atoms with E-state index in [1.54, 1.807) is 12.5 Å². The predicted octanol–water partition coefficient (Wildman–Crippen LogP) is 0.442. The fraction of sp³-hybridized carbons (Fsp3) is 0.467. The van der Waals surface area contributed by atoms with Crippen molar-refractivity contribution >= 4 is 12.1 Å². The highest BCUT2D eigenvalue weighted by atomic mass is 16.5. The summed E-state index contributed by atoms with van der Waals surface area (Å²) in [6, 6.07) is 7.36. The summed E-state index contributed by atoms with van der Waals surface area (Å²) in [5, 5.41) is 21.7. The maximum atomic E-state index is 10.2. The Morgan fingerprint density at radius 1 is 1.25 bits per heavy atom. The first-order valence-electron chi connectivity index (χ1n) is 7.35. The van der Waals surface area contributed by atoms with Gasteiger partial charge in [0.25, 0.3) is 0 Å². The molecule has 1 unspecified atom stereocenters. The number of nitrogens with one attached hydrogen (secondary N) is 4. The van der Waals surface area contributed by atoms with E-state index in [1.807, 2.05) is 29.7 Å². The van der Waals surface area contributed by atoms with Crippen LogP contribution in [-0.4, -0.2) is 55.7 Å². The number of carbonyl (C=O) groups is 2. The molecule has 1 heterocycles. The van der Waals surface area contributed by atoms with Crippen LogP contribution < -0.4 is 26.2 Å². The molecule has 0 saturated carbocycles. The lowest BCUT2D eigenvalue weighted by atomic mass is 10.2. The van der Waals surface area contributed by atoms with Crippen molar-refractivity contribution in [3.8, 4) is 5.75 Å². The number of amides is 3. The topological polar surface area (TPSA) is 132 Å². The van der Waals surface area contributed by atoms with Gasteiger partial charge in [-0.3, -0.25) is 0 Å². The number of carbonyl (C=O) groups excluding carboxylic acids is 1. The number of hydrazine groups is 1. The second-order valence-corrected chi connectivity index (χ2v) is 4.80. The molecule has 0 bridgehead atoms. The maximum Gasteiger partial charge on any atom is 0.423 e. The monoisotopic (exact) mass is 342 g/mol. The first-order valence-corrected chi connectivity index (χ1v) is 7.35. The second-order valence-electron chi connectivity index (χ2n) is 4.80. The van der Waals surface area contributed by atoms with Gasteiger partial charge in [0.2, 0.25) is 0 Å². The molecule has 2 rings (SSSR count). The molecule has 0 aliphatic carbocycles. The van der Waals surface area contributed by atoms with E-state index in [9.17, 15) is 9.59 Å². The average Bonchev–Trinajstić information content (AvgIpc) is 3.05. The summed E-state index contributed by atoms with van der Waals surface area (Å²) in [5.74, 6) is 0.917. The Morgan fingerprint density at radius 3 is 2.21 bits per heavy atom. The maximum absolute atomic E-state index is 10.2. The number of hydrogen-bond donors (Lipinski definition) is 6. The number of ether oxygens (including phenoxy) is 1. The first-order chi connectivity index (χ1) is 11.4. The second kappa shape index (κ2) is 13.0. The number of benzene rings is 1. The molecule has 1 aromatic carbocycles. The van der Waals surface area contributed by atoms with Gasteiger partial charge in [-0.15, -0.1) is 0 Å². The van der Waals surface area contributed by atoms with Crippen LogP contribution >= 0.6 is 0 Å². The molecule has 0 spiro atoms. The summed E-state index contributed by atoms with van der Waals surface area (Å²) in [7, 11) is 3.05. The molecule has 6 N–H and O–H groups in total. The summed E-state index contributed by atoms with van der Waals surface area (Å²) in [4.78, 5) is 19.8. The summed E-state index contributed by atoms with van der Waals surface area (Å²) in [6.07, 6.45) is -0.441. The van der Waals surface area contributed by atoms with Gasteiger partial charge in [-0.25, -0.2) is 20.4 Å². The molecule has 1 saturated heterocycles. The normalized spacial score (nSPS) is 14.9. The molecule has 1 atom stereocenters. The van der Waals surface area contributed by atoms with Gasteiger partial charge in [-0.1, -0.05) is 17.7 Å². The number of hydrogen-bond acceptors (Lipinski definition) is 5. The zero-order valence-corrected chi connectivity index (χ0v) is 14.1. The smallest absolute Gasteiger partial charge is 0.423 e. The summed E-state index contributed by atoms with van der Waals surface area (Å²) < 4.78 is 4.97. The van der Waals surface area contributed by atoms with Crippen molar-refractivity contribution in [2.24, 2.45) is 0 Å². The molecular formula is C15H26N4O5. The zero-order valence-electron chi connectivity index (χ0n) is 14.1. The Labute approximate surface area is 141 Å². The van der Waals surface area contributed by atoms with Crippen LogP contribution in [0.25, 0.3) is 0 Å². The number of aliphatic hydroxyl groups excluding tert-OH is 1. The van der Waals surface area contributed by atoms with Crippen molar-refractivity contribution in [2.45, 2.75) is 19.4 Å². The number of urea groups is 1. The number of carboxylic acid groups (broad SMARTS) is 1. The van der Waals surface area contributed by atoms with E-state index in [0.717, 1.165) is 25.3 Å². The molecular weight excluding hydrogens is 316 g/mol. The van der Waals surface area contributed by atoms with Crippen molar-refractivity contribution in [2.75, 3.05) is 27.2 Å². The lowest BCUT2D eigenvalue weighted by Gasteiger charge is -2.00. The highest BCUT2D eigenvalue weighted by Gasteiger charge is 2.08. The molecule has 0 aromatic heterocycles. The van der Waals surface area contributed by atoms with Crippen LogP contribution in [0.1, 0.15) is 12.0 Å². The van der Waals surface area contributed by atoms with Crippen LogP contribution in [0.3, 0.4) is 0 Å². The molecule has 9 nitrogen and oxygen atoms in total. The number of methoxy groups -OCH3 is 1. The third-order valence-electron chi connectivity index (χ3n) is 2.80. The highest BCUT2D eigenvalue weighted by molar-refractivity contribution is 5.76. The SMILES string of the molecule is CNC(=O)NNC(=O)O.COc1ccc(C)cc1.OC1CCNC1. The van der Waals surface area contributed by atoms with Crippen molar-refractivity contribution in [3.63, 3.8) is 0 Å². The van der Waals surface area contributed by atoms with E-state index in [1.165, 1.54) is 12.6 Å². The quantitative estimate of drug-likeness (QED) is 0.411. The number of aryl methyl sites for hydroxylation is 1. The lowest BCUT2D eigenvalue weighted by molar-refractivity contribution is 0.187. The van der Waals surface area contributed by atoms with E-state index in [4.69, 9.17) is 14.9 Å². The molecule has 24 heavy (non-hydrogen) atoms. The van der Waals surface area contributed by atoms with Gasteiger partial charge < -0.3 is 25.6 Å². The molecule has 0 radical (unpaired) electrons. The Kier molecular flexibility index (Phi) is 11.6. The van der Waals surface area contributed by atoms with E-state index >= 15 is 0 Å². The minimum absolute atomic E-state index is 0.0648. The van der Waals surface area contributed by atoms with Crippen LogP contribution in [-0.2, 0) is 0 Å². The van der Waals surface area contributed by atoms with E-state index in [0.29, 0.717) is 0 Å². The van der Waals surface area contributed by atoms with Gasteiger partial charge >= 0.3 is 12.1 Å². The average molecular weight is 342 g/mol. The fourth-order valence-electron chi connectivity index (χ4n) is 1.49. The molecule has 1 fully saturated rings. The van der Waals surface area contributed by atoms with E-state index < -0.39 is 12.1 Å². The predicted molar refractivity (Wildman–Crippen MR) is 90.0 cm³/mol. The van der Waals surface area contributed by atoms with Crippen LogP contribution in [0, 0.1) is 6.92 Å². The first kappa shape index (κ1) is 21.5. The summed E-state index contributed by atoms with van der Waals surface area (Å²) in [6.45, 7) is 3.83. The van der Waals surface area contributed by atoms with Gasteiger partial charge in [-0.05, 0) is 32.0 Å². The standard InChI is InChI=1S/C8H10O.C4H9NO.C3H7N3O3/c1-7-3-5-8(9-2)6-4-7;6-4-1-2-5-3-4;1-4-2(7)5-6-3(8)9/h3-6H,1-2H3;4-6H,1-3H2;6H,1H3,(H,8,9)(H2,4,5,7). The van der Waals surface area contributed by atoms with Gasteiger partial charge in [0, 0.05) is 13.6 Å². The zero-order chi connectivity index (χ0) is 18.4. The third kappa shape index (κ3) is 12.1. The van der Waals surface area contributed by atoms with E-state index in [-0.39, 0.29) is 6.10 Å². The van der Waals surface area contributed by atoms with E-state index in [2.05, 4.69) is 17.6 Å². The van der Waals surface area contributed by atoms with Crippen molar-refractivity contribution in [1.82, 2.24) is 21.5 Å². The fourth-order valence-corrected chi connectivity index (χ4v) is 1.49. The number of rotatable bonds is 1. The van der Waals surface area contributed by atoms with Crippen molar-refractivity contribution < 1.29 is 24.5 Å². The molecule has 1 aliphatic heterocycles. The highest BCUT2D eigenvalue weighted by Crippen LogP contribution is 2.09. The van der Waals surface area contributed by atoms with Crippen LogP contribution in [0.15, 0.2) is 24.3 Å². The molecule has 1 aromatic rings. The van der Waals surface area contributed by atoms with Gasteiger partial charge in [-0.2, -0.15) is 0 Å². The third-order valence-corrected chi connectivity index (χ3v) is 2.80. The van der Waals surface area contributed by atoms with Gasteiger partial charge in [0.05, 0.1) is 13.2 Å². The molecule has 9 heteroatoms. The Bertz CT molecular complexity index is 475. The van der Waals surface area contributed by atoms with Crippen LogP contribution in [0.5, 0.6) is 5.75 Å². The van der Waals surface area contributed by atoms with Gasteiger partial charge in [0.1, 0.15) is 5.75 Å². The minimum Gasteiger partial charge on any atom is -0.497 e. The molecule has 3 amide bonds. The number of β-amino-alcohol motifs (C(OH)–C–C–N with tert-alkyl or cyclic N) is 1.